The molecule has 2 N–H and O–H groups in total. The quantitative estimate of drug-likeness (QED) is 0.562. The van der Waals surface area contributed by atoms with E-state index in [0.717, 1.165) is 30.0 Å². The minimum atomic E-state index is -0.749. The first-order valence-electron chi connectivity index (χ1n) is 10.8. The smallest absolute Gasteiger partial charge is 0.315 e. The number of halogens is 2. The molecule has 0 bridgehead atoms. The standard InChI is InChI=1S/C24H31ClFN3O2/c1-17(2)31-22-9-5-19(6-10-22)23(12-14-29-13-11-21(26)16-29)28-24(30)27-15-18-3-7-20(25)8-4-18/h3-10,17,21,23H,11-16H2,1-2H3,(H2,27,28,30). The van der Waals surface area contributed by atoms with Crippen molar-refractivity contribution in [3.8, 4) is 5.75 Å². The van der Waals surface area contributed by atoms with Gasteiger partial charge in [0.05, 0.1) is 12.1 Å². The van der Waals surface area contributed by atoms with Crippen LogP contribution in [0.3, 0.4) is 0 Å². The number of alkyl halides is 1. The summed E-state index contributed by atoms with van der Waals surface area (Å²) in [6.07, 6.45) is 0.635. The highest BCUT2D eigenvalue weighted by Crippen LogP contribution is 2.23. The van der Waals surface area contributed by atoms with E-state index in [-0.39, 0.29) is 18.2 Å². The molecular formula is C24H31ClFN3O2. The first-order chi connectivity index (χ1) is 14.9. The van der Waals surface area contributed by atoms with Gasteiger partial charge in [0.15, 0.2) is 0 Å². The Morgan fingerprint density at radius 2 is 1.90 bits per heavy atom. The van der Waals surface area contributed by atoms with Gasteiger partial charge in [0.1, 0.15) is 11.9 Å². The Bertz CT molecular complexity index is 830. The maximum Gasteiger partial charge on any atom is 0.315 e. The van der Waals surface area contributed by atoms with E-state index in [9.17, 15) is 9.18 Å². The SMILES string of the molecule is CC(C)Oc1ccc(C(CCN2CCC(F)C2)NC(=O)NCc2ccc(Cl)cc2)cc1. The topological polar surface area (TPSA) is 53.6 Å². The van der Waals surface area contributed by atoms with Crippen LogP contribution in [-0.2, 0) is 6.54 Å². The van der Waals surface area contributed by atoms with Crippen LogP contribution in [0.4, 0.5) is 9.18 Å². The van der Waals surface area contributed by atoms with Crippen LogP contribution in [0.5, 0.6) is 5.75 Å². The molecule has 0 aromatic heterocycles. The van der Waals surface area contributed by atoms with E-state index in [1.54, 1.807) is 12.1 Å². The largest absolute Gasteiger partial charge is 0.491 e. The third-order valence-corrected chi connectivity index (χ3v) is 5.53. The minimum Gasteiger partial charge on any atom is -0.491 e. The summed E-state index contributed by atoms with van der Waals surface area (Å²) >= 11 is 5.91. The summed E-state index contributed by atoms with van der Waals surface area (Å²) in [7, 11) is 0. The molecule has 7 heteroatoms. The van der Waals surface area contributed by atoms with Crippen LogP contribution < -0.4 is 15.4 Å². The zero-order valence-electron chi connectivity index (χ0n) is 18.1. The molecule has 0 aliphatic carbocycles. The molecule has 0 spiro atoms. The van der Waals surface area contributed by atoms with E-state index >= 15 is 0 Å². The molecule has 5 nitrogen and oxygen atoms in total. The van der Waals surface area contributed by atoms with Crippen LogP contribution in [0.2, 0.25) is 5.02 Å². The van der Waals surface area contributed by atoms with Gasteiger partial charge in [-0.2, -0.15) is 0 Å². The molecule has 2 atom stereocenters. The number of hydrogen-bond donors (Lipinski definition) is 2. The average Bonchev–Trinajstić information content (AvgIpc) is 3.16. The predicted molar refractivity (Wildman–Crippen MR) is 122 cm³/mol. The lowest BCUT2D eigenvalue weighted by Crippen LogP contribution is -2.39. The number of ether oxygens (including phenoxy) is 1. The number of rotatable bonds is 9. The molecule has 0 radical (unpaired) electrons. The fourth-order valence-corrected chi connectivity index (χ4v) is 3.79. The molecule has 1 aliphatic rings. The number of benzene rings is 2. The van der Waals surface area contributed by atoms with Gasteiger partial charge in [-0.15, -0.1) is 0 Å². The molecule has 168 valence electrons. The molecule has 1 aliphatic heterocycles. The maximum absolute atomic E-state index is 13.5. The Morgan fingerprint density at radius 1 is 1.19 bits per heavy atom. The summed E-state index contributed by atoms with van der Waals surface area (Å²) in [4.78, 5) is 14.7. The van der Waals surface area contributed by atoms with Crippen LogP contribution in [0.25, 0.3) is 0 Å². The zero-order chi connectivity index (χ0) is 22.2. The lowest BCUT2D eigenvalue weighted by Gasteiger charge is -2.23. The van der Waals surface area contributed by atoms with E-state index in [0.29, 0.717) is 31.0 Å². The van der Waals surface area contributed by atoms with Crippen molar-refractivity contribution in [2.75, 3.05) is 19.6 Å². The second-order valence-electron chi connectivity index (χ2n) is 8.22. The van der Waals surface area contributed by atoms with Crippen molar-refractivity contribution in [2.45, 2.75) is 51.6 Å². The van der Waals surface area contributed by atoms with Gasteiger partial charge in [-0.05, 0) is 62.1 Å². The Kier molecular flexibility index (Phi) is 8.55. The van der Waals surface area contributed by atoms with Crippen molar-refractivity contribution >= 4 is 17.6 Å². The molecular weight excluding hydrogens is 417 g/mol. The van der Waals surface area contributed by atoms with Gasteiger partial charge in [-0.25, -0.2) is 9.18 Å². The average molecular weight is 448 g/mol. The highest BCUT2D eigenvalue weighted by atomic mass is 35.5. The van der Waals surface area contributed by atoms with Crippen molar-refractivity contribution in [3.05, 3.63) is 64.7 Å². The van der Waals surface area contributed by atoms with Crippen molar-refractivity contribution in [1.82, 2.24) is 15.5 Å². The summed E-state index contributed by atoms with van der Waals surface area (Å²) in [5.41, 5.74) is 1.96. The molecule has 1 heterocycles. The molecule has 0 saturated carbocycles. The van der Waals surface area contributed by atoms with Gasteiger partial charge in [-0.3, -0.25) is 0 Å². The van der Waals surface area contributed by atoms with Gasteiger partial charge in [0.25, 0.3) is 0 Å². The van der Waals surface area contributed by atoms with E-state index in [2.05, 4.69) is 15.5 Å². The highest BCUT2D eigenvalue weighted by Gasteiger charge is 2.23. The number of hydrogen-bond acceptors (Lipinski definition) is 3. The van der Waals surface area contributed by atoms with Crippen LogP contribution in [0.1, 0.15) is 43.9 Å². The number of nitrogens with zero attached hydrogens (tertiary/aromatic N) is 1. The summed E-state index contributed by atoms with van der Waals surface area (Å²) in [5, 5.41) is 6.64. The third kappa shape index (κ3) is 7.71. The van der Waals surface area contributed by atoms with Gasteiger partial charge in [0, 0.05) is 31.2 Å². The summed E-state index contributed by atoms with van der Waals surface area (Å²) in [6.45, 7) is 6.34. The van der Waals surface area contributed by atoms with Crippen molar-refractivity contribution in [3.63, 3.8) is 0 Å². The van der Waals surface area contributed by atoms with Crippen molar-refractivity contribution < 1.29 is 13.9 Å². The Hall–Kier alpha value is -2.31. The zero-order valence-corrected chi connectivity index (χ0v) is 18.9. The Balaban J connectivity index is 1.61. The van der Waals surface area contributed by atoms with Gasteiger partial charge < -0.3 is 20.3 Å². The molecule has 31 heavy (non-hydrogen) atoms. The van der Waals surface area contributed by atoms with Crippen LogP contribution in [-0.4, -0.2) is 42.8 Å². The third-order valence-electron chi connectivity index (χ3n) is 5.27. The number of amides is 2. The predicted octanol–water partition coefficient (Wildman–Crippen LogP) is 5.10. The second-order valence-corrected chi connectivity index (χ2v) is 8.65. The van der Waals surface area contributed by atoms with Crippen molar-refractivity contribution in [2.24, 2.45) is 0 Å². The summed E-state index contributed by atoms with van der Waals surface area (Å²) in [6, 6.07) is 14.7. The van der Waals surface area contributed by atoms with Crippen molar-refractivity contribution in [1.29, 1.82) is 0 Å². The molecule has 2 aromatic carbocycles. The molecule has 1 fully saturated rings. The molecule has 1 saturated heterocycles. The molecule has 2 unspecified atom stereocenters. The fourth-order valence-electron chi connectivity index (χ4n) is 3.67. The monoisotopic (exact) mass is 447 g/mol. The van der Waals surface area contributed by atoms with Crippen LogP contribution >= 0.6 is 11.6 Å². The van der Waals surface area contributed by atoms with Gasteiger partial charge in [0.2, 0.25) is 0 Å². The fraction of sp³-hybridized carbons (Fsp3) is 0.458. The lowest BCUT2D eigenvalue weighted by molar-refractivity contribution is 0.231. The van der Waals surface area contributed by atoms with E-state index in [1.807, 2.05) is 50.2 Å². The number of carbonyl (C=O) groups is 1. The van der Waals surface area contributed by atoms with Gasteiger partial charge >= 0.3 is 6.03 Å². The Labute approximate surface area is 188 Å². The summed E-state index contributed by atoms with van der Waals surface area (Å²) in [5.74, 6) is 0.796. The number of likely N-dealkylation sites (tertiary alicyclic amines) is 1. The van der Waals surface area contributed by atoms with E-state index in [4.69, 9.17) is 16.3 Å². The van der Waals surface area contributed by atoms with E-state index < -0.39 is 6.17 Å². The lowest BCUT2D eigenvalue weighted by atomic mass is 10.0. The minimum absolute atomic E-state index is 0.0993. The Morgan fingerprint density at radius 3 is 2.52 bits per heavy atom. The van der Waals surface area contributed by atoms with Crippen LogP contribution in [0, 0.1) is 0 Å². The maximum atomic E-state index is 13.5. The molecule has 3 rings (SSSR count). The number of urea groups is 1. The second kappa shape index (κ2) is 11.3. The van der Waals surface area contributed by atoms with E-state index in [1.165, 1.54) is 0 Å². The normalized spacial score (nSPS) is 17.5. The first kappa shape index (κ1) is 23.4. The van der Waals surface area contributed by atoms with Crippen LogP contribution in [0.15, 0.2) is 48.5 Å². The number of carbonyl (C=O) groups excluding carboxylic acids is 1. The highest BCUT2D eigenvalue weighted by molar-refractivity contribution is 6.30. The summed E-state index contributed by atoms with van der Waals surface area (Å²) < 4.78 is 19.2. The molecule has 2 amide bonds. The number of nitrogens with one attached hydrogen (secondary N) is 2. The first-order valence-corrected chi connectivity index (χ1v) is 11.2. The van der Waals surface area contributed by atoms with Gasteiger partial charge in [-0.1, -0.05) is 35.9 Å². The molecule has 2 aromatic rings.